The summed E-state index contributed by atoms with van der Waals surface area (Å²) in [7, 11) is -4.96. The molecule has 7 nitrogen and oxygen atoms in total. The highest BCUT2D eigenvalue weighted by Gasteiger charge is 2.29. The summed E-state index contributed by atoms with van der Waals surface area (Å²) < 4.78 is 25.6. The summed E-state index contributed by atoms with van der Waals surface area (Å²) in [6.07, 6.45) is 0.563. The highest BCUT2D eigenvalue weighted by Crippen LogP contribution is 2.26. The van der Waals surface area contributed by atoms with Gasteiger partial charge in [-0.2, -0.15) is 0 Å². The number of carbonyl (C=O) groups excluding carboxylic acids is 1. The molecule has 0 unspecified atom stereocenters. The minimum absolute atomic E-state index is 0.109. The number of amides is 1. The Morgan fingerprint density at radius 1 is 1.15 bits per heavy atom. The smallest absolute Gasteiger partial charge is 0.423 e. The number of anilines is 2. The van der Waals surface area contributed by atoms with Crippen molar-refractivity contribution in [2.45, 2.75) is 20.3 Å². The molecule has 1 heterocycles. The topological polar surface area (TPSA) is 107 Å². The van der Waals surface area contributed by atoms with Crippen LogP contribution in [0.15, 0.2) is 36.4 Å². The van der Waals surface area contributed by atoms with Crippen LogP contribution in [0.3, 0.4) is 0 Å². The van der Waals surface area contributed by atoms with Crippen LogP contribution in [0, 0.1) is 13.8 Å². The summed E-state index contributed by atoms with van der Waals surface area (Å²) >= 11 is 0. The molecule has 1 aliphatic rings. The third-order valence-electron chi connectivity index (χ3n) is 4.51. The Labute approximate surface area is 158 Å². The zero-order valence-corrected chi connectivity index (χ0v) is 16.0. The fourth-order valence-corrected chi connectivity index (χ4v) is 4.73. The van der Waals surface area contributed by atoms with E-state index in [0.717, 1.165) is 5.56 Å². The molecule has 27 heavy (non-hydrogen) atoms. The Kier molecular flexibility index (Phi) is 5.28. The van der Waals surface area contributed by atoms with Crippen LogP contribution in [0.4, 0.5) is 11.4 Å². The molecule has 0 radical (unpaired) electrons. The molecule has 0 aliphatic carbocycles. The standard InChI is InChI=1S/C18H21BN2O5S/c1-12-8-14(19(23)24)10-15(9-12)20-18(22)17-11-16(5-4-13(17)2)21-6-3-7-27(21,25)26/h4-5,8-11,23-24H,3,6-7H2,1-2H3,(H,20,22). The highest BCUT2D eigenvalue weighted by molar-refractivity contribution is 7.93. The van der Waals surface area contributed by atoms with E-state index in [-0.39, 0.29) is 11.2 Å². The molecule has 0 atom stereocenters. The average molecular weight is 388 g/mol. The average Bonchev–Trinajstić information content (AvgIpc) is 2.94. The molecule has 0 bridgehead atoms. The van der Waals surface area contributed by atoms with Gasteiger partial charge in [0.1, 0.15) is 0 Å². The number of nitrogens with zero attached hydrogens (tertiary/aromatic N) is 1. The SMILES string of the molecule is Cc1cc(NC(=O)c2cc(N3CCCS3(=O)=O)ccc2C)cc(B(O)O)c1. The number of hydrogen-bond acceptors (Lipinski definition) is 5. The maximum Gasteiger partial charge on any atom is 0.488 e. The molecule has 0 spiro atoms. The first kappa shape index (κ1) is 19.4. The largest absolute Gasteiger partial charge is 0.488 e. The van der Waals surface area contributed by atoms with E-state index >= 15 is 0 Å². The Bertz CT molecular complexity index is 991. The normalized spacial score (nSPS) is 15.6. The number of hydrogen-bond donors (Lipinski definition) is 3. The third kappa shape index (κ3) is 4.15. The van der Waals surface area contributed by atoms with Gasteiger partial charge in [0.15, 0.2) is 0 Å². The van der Waals surface area contributed by atoms with Crippen molar-refractivity contribution in [2.24, 2.45) is 0 Å². The van der Waals surface area contributed by atoms with E-state index in [2.05, 4.69) is 5.32 Å². The van der Waals surface area contributed by atoms with Crippen molar-refractivity contribution in [3.05, 3.63) is 53.1 Å². The summed E-state index contributed by atoms with van der Waals surface area (Å²) in [5.74, 6) is -0.284. The van der Waals surface area contributed by atoms with Gasteiger partial charge in [-0.25, -0.2) is 8.42 Å². The molecule has 1 amide bonds. The summed E-state index contributed by atoms with van der Waals surface area (Å²) in [6.45, 7) is 3.96. The lowest BCUT2D eigenvalue weighted by Gasteiger charge is -2.18. The van der Waals surface area contributed by atoms with E-state index in [4.69, 9.17) is 0 Å². The Hall–Kier alpha value is -2.36. The first-order valence-corrected chi connectivity index (χ1v) is 10.2. The molecule has 2 aromatic carbocycles. The van der Waals surface area contributed by atoms with Crippen molar-refractivity contribution in [2.75, 3.05) is 21.9 Å². The van der Waals surface area contributed by atoms with E-state index in [9.17, 15) is 23.3 Å². The van der Waals surface area contributed by atoms with Crippen molar-refractivity contribution in [1.82, 2.24) is 0 Å². The number of nitrogens with one attached hydrogen (secondary N) is 1. The minimum Gasteiger partial charge on any atom is -0.423 e. The molecule has 142 valence electrons. The van der Waals surface area contributed by atoms with Gasteiger partial charge in [-0.3, -0.25) is 9.10 Å². The van der Waals surface area contributed by atoms with Crippen LogP contribution in [-0.2, 0) is 10.0 Å². The van der Waals surface area contributed by atoms with E-state index < -0.39 is 23.0 Å². The maximum atomic E-state index is 12.8. The predicted molar refractivity (Wildman–Crippen MR) is 106 cm³/mol. The van der Waals surface area contributed by atoms with Crippen LogP contribution in [0.2, 0.25) is 0 Å². The zero-order chi connectivity index (χ0) is 19.8. The Morgan fingerprint density at radius 3 is 2.52 bits per heavy atom. The van der Waals surface area contributed by atoms with Crippen molar-refractivity contribution < 1.29 is 23.3 Å². The number of rotatable bonds is 4. The molecule has 0 aromatic heterocycles. The van der Waals surface area contributed by atoms with E-state index in [0.29, 0.717) is 35.5 Å². The van der Waals surface area contributed by atoms with Crippen LogP contribution in [0.1, 0.15) is 27.9 Å². The first-order chi connectivity index (χ1) is 12.7. The number of aryl methyl sites for hydroxylation is 2. The molecule has 0 saturated carbocycles. The van der Waals surface area contributed by atoms with Crippen LogP contribution in [0.25, 0.3) is 0 Å². The van der Waals surface area contributed by atoms with Gasteiger partial charge in [0.05, 0.1) is 11.4 Å². The van der Waals surface area contributed by atoms with E-state index in [1.165, 1.54) is 10.4 Å². The molecule has 1 fully saturated rings. The summed E-state index contributed by atoms with van der Waals surface area (Å²) in [6, 6.07) is 9.81. The van der Waals surface area contributed by atoms with Crippen LogP contribution in [0.5, 0.6) is 0 Å². The van der Waals surface area contributed by atoms with Crippen LogP contribution < -0.4 is 15.1 Å². The summed E-state index contributed by atoms with van der Waals surface area (Å²) in [4.78, 5) is 12.8. The van der Waals surface area contributed by atoms with Gasteiger partial charge >= 0.3 is 7.12 Å². The lowest BCUT2D eigenvalue weighted by molar-refractivity contribution is 0.102. The number of sulfonamides is 1. The summed E-state index contributed by atoms with van der Waals surface area (Å²) in [5.41, 5.74) is 3.02. The monoisotopic (exact) mass is 388 g/mol. The van der Waals surface area contributed by atoms with Crippen LogP contribution in [-0.4, -0.2) is 43.8 Å². The quantitative estimate of drug-likeness (QED) is 0.671. The maximum absolute atomic E-state index is 12.8. The summed E-state index contributed by atoms with van der Waals surface area (Å²) in [5, 5.41) is 21.5. The fourth-order valence-electron chi connectivity index (χ4n) is 3.17. The van der Waals surface area contributed by atoms with Gasteiger partial charge in [-0.05, 0) is 61.1 Å². The predicted octanol–water partition coefficient (Wildman–Crippen LogP) is 0.775. The molecular formula is C18H21BN2O5S. The molecule has 9 heteroatoms. The van der Waals surface area contributed by atoms with E-state index in [1.54, 1.807) is 44.2 Å². The Balaban J connectivity index is 1.90. The van der Waals surface area contributed by atoms with Gasteiger partial charge < -0.3 is 15.4 Å². The molecule has 2 aromatic rings. The van der Waals surface area contributed by atoms with Gasteiger partial charge in [0.25, 0.3) is 5.91 Å². The third-order valence-corrected chi connectivity index (χ3v) is 6.38. The van der Waals surface area contributed by atoms with Gasteiger partial charge in [-0.15, -0.1) is 0 Å². The minimum atomic E-state index is -3.33. The number of benzene rings is 2. The van der Waals surface area contributed by atoms with Crippen molar-refractivity contribution >= 4 is 39.9 Å². The molecular weight excluding hydrogens is 367 g/mol. The molecule has 3 rings (SSSR count). The van der Waals surface area contributed by atoms with Crippen molar-refractivity contribution in [1.29, 1.82) is 0 Å². The molecule has 1 saturated heterocycles. The molecule has 1 aliphatic heterocycles. The van der Waals surface area contributed by atoms with Crippen molar-refractivity contribution in [3.8, 4) is 0 Å². The van der Waals surface area contributed by atoms with Gasteiger partial charge in [0, 0.05) is 17.8 Å². The second-order valence-corrected chi connectivity index (χ2v) is 8.71. The molecule has 3 N–H and O–H groups in total. The van der Waals surface area contributed by atoms with Gasteiger partial charge in [-0.1, -0.05) is 12.1 Å². The fraction of sp³-hybridized carbons (Fsp3) is 0.278. The number of carbonyl (C=O) groups is 1. The van der Waals surface area contributed by atoms with Crippen LogP contribution >= 0.6 is 0 Å². The Morgan fingerprint density at radius 2 is 1.89 bits per heavy atom. The lowest BCUT2D eigenvalue weighted by atomic mass is 9.79. The van der Waals surface area contributed by atoms with Gasteiger partial charge in [0.2, 0.25) is 10.0 Å². The van der Waals surface area contributed by atoms with Crippen molar-refractivity contribution in [3.63, 3.8) is 0 Å². The lowest BCUT2D eigenvalue weighted by Crippen LogP contribution is -2.30. The second-order valence-electron chi connectivity index (χ2n) is 6.70. The van der Waals surface area contributed by atoms with E-state index in [1.807, 2.05) is 0 Å². The first-order valence-electron chi connectivity index (χ1n) is 8.57. The zero-order valence-electron chi connectivity index (χ0n) is 15.1. The highest BCUT2D eigenvalue weighted by atomic mass is 32.2. The second kappa shape index (κ2) is 7.34.